The van der Waals surface area contributed by atoms with E-state index in [-0.39, 0.29) is 24.2 Å². The first-order chi connectivity index (χ1) is 15.6. The summed E-state index contributed by atoms with van der Waals surface area (Å²) in [6.07, 6.45) is 7.17. The number of aromatic nitrogens is 2. The second kappa shape index (κ2) is 8.18. The number of allylic oxidation sites excluding steroid dienone is 3. The fourth-order valence-electron chi connectivity index (χ4n) is 6.15. The predicted molar refractivity (Wildman–Crippen MR) is 126 cm³/mol. The van der Waals surface area contributed by atoms with Gasteiger partial charge in [0.15, 0.2) is 0 Å². The number of fused-ring (bicyclic) bond motifs is 4. The number of hydrogen-bond donors (Lipinski definition) is 0. The lowest BCUT2D eigenvalue weighted by Crippen LogP contribution is -2.39. The molecule has 5 heteroatoms. The van der Waals surface area contributed by atoms with Crippen LogP contribution in [0.1, 0.15) is 69.7 Å². The molecule has 1 aromatic carbocycles. The SMILES string of the molecule is CC(C)CCc1ccc(-n2ncc3c2C=C2CC[C@@H]4C[C@H](C(F)(F)F)CC=C4[C@@]2(C)C3)cc1. The number of hydrogen-bond acceptors (Lipinski definition) is 1. The highest BCUT2D eigenvalue weighted by molar-refractivity contribution is 5.63. The normalized spacial score (nSPS) is 26.9. The third-order valence-corrected chi connectivity index (χ3v) is 8.13. The highest BCUT2D eigenvalue weighted by atomic mass is 19.4. The summed E-state index contributed by atoms with van der Waals surface area (Å²) < 4.78 is 42.0. The van der Waals surface area contributed by atoms with Crippen LogP contribution in [0.2, 0.25) is 0 Å². The molecule has 3 atom stereocenters. The molecule has 1 fully saturated rings. The average molecular weight is 455 g/mol. The maximum Gasteiger partial charge on any atom is 0.392 e. The molecule has 0 N–H and O–H groups in total. The Morgan fingerprint density at radius 1 is 1.18 bits per heavy atom. The first kappa shape index (κ1) is 22.5. The van der Waals surface area contributed by atoms with Gasteiger partial charge in [-0.05, 0) is 86.1 Å². The fraction of sp³-hybridized carbons (Fsp3) is 0.536. The van der Waals surface area contributed by atoms with Crippen LogP contribution in [0, 0.1) is 23.2 Å². The zero-order chi connectivity index (χ0) is 23.4. The first-order valence-corrected chi connectivity index (χ1v) is 12.3. The van der Waals surface area contributed by atoms with Crippen molar-refractivity contribution >= 4 is 6.08 Å². The van der Waals surface area contributed by atoms with Gasteiger partial charge < -0.3 is 0 Å². The molecule has 0 amide bonds. The van der Waals surface area contributed by atoms with Crippen LogP contribution in [0.3, 0.4) is 0 Å². The standard InChI is InChI=1S/C28H33F3N2/c1-18(2)4-5-19-6-11-24(12-7-19)33-26-15-22-9-8-20-14-23(28(29,30)31)10-13-25(20)27(22,3)16-21(26)17-32-33/h6-7,11-13,15,17-18,20,23H,4-5,8-10,14,16H2,1-3H3/t20-,23-,27+/m1/s1. The lowest BCUT2D eigenvalue weighted by atomic mass is 9.56. The summed E-state index contributed by atoms with van der Waals surface area (Å²) in [4.78, 5) is 0. The molecule has 1 aromatic heterocycles. The van der Waals surface area contributed by atoms with Gasteiger partial charge in [-0.1, -0.05) is 50.1 Å². The van der Waals surface area contributed by atoms with Crippen LogP contribution in [0.5, 0.6) is 0 Å². The molecule has 33 heavy (non-hydrogen) atoms. The van der Waals surface area contributed by atoms with Crippen LogP contribution in [0.4, 0.5) is 13.2 Å². The summed E-state index contributed by atoms with van der Waals surface area (Å²) in [6.45, 7) is 6.73. The summed E-state index contributed by atoms with van der Waals surface area (Å²) in [7, 11) is 0. The van der Waals surface area contributed by atoms with Gasteiger partial charge in [-0.3, -0.25) is 0 Å². The minimum absolute atomic E-state index is 0.0440. The molecule has 1 saturated carbocycles. The van der Waals surface area contributed by atoms with Crippen molar-refractivity contribution in [1.82, 2.24) is 9.78 Å². The van der Waals surface area contributed by atoms with Gasteiger partial charge in [0.1, 0.15) is 0 Å². The molecular weight excluding hydrogens is 421 g/mol. The lowest BCUT2D eigenvalue weighted by Gasteiger charge is -2.48. The van der Waals surface area contributed by atoms with Crippen molar-refractivity contribution in [1.29, 1.82) is 0 Å². The van der Waals surface area contributed by atoms with Crippen LogP contribution in [0.25, 0.3) is 11.8 Å². The van der Waals surface area contributed by atoms with Gasteiger partial charge in [0.05, 0.1) is 23.5 Å². The second-order valence-corrected chi connectivity index (χ2v) is 10.8. The van der Waals surface area contributed by atoms with Gasteiger partial charge in [0, 0.05) is 5.41 Å². The van der Waals surface area contributed by atoms with E-state index in [1.807, 2.05) is 17.0 Å². The van der Waals surface area contributed by atoms with E-state index in [9.17, 15) is 13.2 Å². The molecule has 2 aromatic rings. The third-order valence-electron chi connectivity index (χ3n) is 8.13. The van der Waals surface area contributed by atoms with Crippen molar-refractivity contribution in [2.75, 3.05) is 0 Å². The van der Waals surface area contributed by atoms with E-state index in [1.165, 1.54) is 28.7 Å². The quantitative estimate of drug-likeness (QED) is 0.433. The fourth-order valence-corrected chi connectivity index (χ4v) is 6.15. The number of benzene rings is 1. The van der Waals surface area contributed by atoms with Crippen molar-refractivity contribution in [3.63, 3.8) is 0 Å². The first-order valence-electron chi connectivity index (χ1n) is 12.3. The Balaban J connectivity index is 1.42. The van der Waals surface area contributed by atoms with Crippen LogP contribution >= 0.6 is 0 Å². The Hall–Kier alpha value is -2.30. The second-order valence-electron chi connectivity index (χ2n) is 10.8. The van der Waals surface area contributed by atoms with Gasteiger partial charge in [0.25, 0.3) is 0 Å². The average Bonchev–Trinajstić information content (AvgIpc) is 3.17. The summed E-state index contributed by atoms with van der Waals surface area (Å²) in [6, 6.07) is 8.68. The van der Waals surface area contributed by atoms with E-state index in [0.29, 0.717) is 5.92 Å². The van der Waals surface area contributed by atoms with E-state index in [4.69, 9.17) is 5.10 Å². The maximum atomic E-state index is 13.3. The number of aryl methyl sites for hydroxylation is 1. The summed E-state index contributed by atoms with van der Waals surface area (Å²) in [5, 5.41) is 4.71. The van der Waals surface area contributed by atoms with Crippen molar-refractivity contribution < 1.29 is 13.2 Å². The summed E-state index contributed by atoms with van der Waals surface area (Å²) in [5.41, 5.74) is 7.11. The minimum Gasteiger partial charge on any atom is -0.233 e. The maximum absolute atomic E-state index is 13.3. The molecule has 0 unspecified atom stereocenters. The van der Waals surface area contributed by atoms with Gasteiger partial charge in [-0.2, -0.15) is 18.3 Å². The van der Waals surface area contributed by atoms with Gasteiger partial charge in [-0.15, -0.1) is 0 Å². The molecular formula is C28H33F3N2. The highest BCUT2D eigenvalue weighted by Crippen LogP contribution is 2.57. The van der Waals surface area contributed by atoms with Crippen LogP contribution in [-0.4, -0.2) is 16.0 Å². The van der Waals surface area contributed by atoms with Crippen LogP contribution < -0.4 is 0 Å². The van der Waals surface area contributed by atoms with Crippen LogP contribution in [-0.2, 0) is 12.8 Å². The molecule has 3 aliphatic carbocycles. The van der Waals surface area contributed by atoms with Gasteiger partial charge in [-0.25, -0.2) is 4.68 Å². The number of halogens is 3. The Kier molecular flexibility index (Phi) is 5.57. The molecule has 1 heterocycles. The van der Waals surface area contributed by atoms with E-state index in [0.717, 1.165) is 37.1 Å². The molecule has 0 spiro atoms. The molecule has 5 rings (SSSR count). The zero-order valence-electron chi connectivity index (χ0n) is 19.8. The van der Waals surface area contributed by atoms with Crippen molar-refractivity contribution in [3.05, 3.63) is 64.5 Å². The number of rotatable bonds is 4. The van der Waals surface area contributed by atoms with E-state index in [2.05, 4.69) is 51.1 Å². The highest BCUT2D eigenvalue weighted by Gasteiger charge is 2.49. The van der Waals surface area contributed by atoms with Gasteiger partial charge in [0.2, 0.25) is 0 Å². The van der Waals surface area contributed by atoms with Crippen molar-refractivity contribution in [2.45, 2.75) is 71.9 Å². The zero-order valence-corrected chi connectivity index (χ0v) is 19.8. The topological polar surface area (TPSA) is 17.8 Å². The lowest BCUT2D eigenvalue weighted by molar-refractivity contribution is -0.179. The molecule has 0 saturated heterocycles. The molecule has 176 valence electrons. The van der Waals surface area contributed by atoms with E-state index in [1.54, 1.807) is 0 Å². The Bertz CT molecular complexity index is 1090. The van der Waals surface area contributed by atoms with Crippen LogP contribution in [0.15, 0.2) is 47.7 Å². The van der Waals surface area contributed by atoms with E-state index >= 15 is 0 Å². The minimum atomic E-state index is -4.09. The number of alkyl halides is 3. The van der Waals surface area contributed by atoms with E-state index < -0.39 is 12.1 Å². The molecule has 0 bridgehead atoms. The summed E-state index contributed by atoms with van der Waals surface area (Å²) >= 11 is 0. The Morgan fingerprint density at radius 2 is 1.94 bits per heavy atom. The molecule has 0 radical (unpaired) electrons. The Morgan fingerprint density at radius 3 is 2.64 bits per heavy atom. The van der Waals surface area contributed by atoms with Crippen molar-refractivity contribution in [2.24, 2.45) is 23.2 Å². The smallest absolute Gasteiger partial charge is 0.233 e. The summed E-state index contributed by atoms with van der Waals surface area (Å²) in [5.74, 6) is -0.453. The molecule has 0 aliphatic heterocycles. The predicted octanol–water partition coefficient (Wildman–Crippen LogP) is 7.72. The Labute approximate surface area is 194 Å². The third kappa shape index (κ3) is 4.08. The largest absolute Gasteiger partial charge is 0.392 e. The monoisotopic (exact) mass is 454 g/mol. The molecule has 2 nitrogen and oxygen atoms in total. The van der Waals surface area contributed by atoms with Crippen molar-refractivity contribution in [3.8, 4) is 5.69 Å². The van der Waals surface area contributed by atoms with Gasteiger partial charge >= 0.3 is 6.18 Å². The molecule has 3 aliphatic rings. The number of nitrogens with zero attached hydrogens (tertiary/aromatic N) is 2.